The van der Waals surface area contributed by atoms with E-state index in [1.54, 1.807) is 17.4 Å². The third-order valence-corrected chi connectivity index (χ3v) is 3.04. The standard InChI is InChI=1S/C11H11F4NOS/c12-8-2-4-9(5-3-8)18-7-1-6-16-10(17)11(13,14)15/h2-5H,1,6-7H2,(H,16,17). The highest BCUT2D eigenvalue weighted by Gasteiger charge is 2.38. The third kappa shape index (κ3) is 5.39. The van der Waals surface area contributed by atoms with Crippen molar-refractivity contribution in [2.75, 3.05) is 12.3 Å². The largest absolute Gasteiger partial charge is 0.471 e. The van der Waals surface area contributed by atoms with Gasteiger partial charge in [-0.25, -0.2) is 4.39 Å². The van der Waals surface area contributed by atoms with Crippen molar-refractivity contribution in [1.29, 1.82) is 0 Å². The quantitative estimate of drug-likeness (QED) is 0.511. The Labute approximate surface area is 106 Å². The first kappa shape index (κ1) is 14.8. The molecule has 0 aliphatic heterocycles. The van der Waals surface area contributed by atoms with E-state index in [2.05, 4.69) is 0 Å². The molecular formula is C11H11F4NOS. The van der Waals surface area contributed by atoms with Crippen LogP contribution < -0.4 is 5.32 Å². The lowest BCUT2D eigenvalue weighted by Crippen LogP contribution is -2.37. The van der Waals surface area contributed by atoms with E-state index in [1.807, 2.05) is 0 Å². The number of rotatable bonds is 5. The first-order valence-corrected chi connectivity index (χ1v) is 6.11. The van der Waals surface area contributed by atoms with Crippen LogP contribution in [0.4, 0.5) is 17.6 Å². The Balaban J connectivity index is 2.16. The fourth-order valence-electron chi connectivity index (χ4n) is 1.10. The summed E-state index contributed by atoms with van der Waals surface area (Å²) >= 11 is 1.39. The van der Waals surface area contributed by atoms with Crippen LogP contribution in [0.25, 0.3) is 0 Å². The van der Waals surface area contributed by atoms with Crippen molar-refractivity contribution in [3.63, 3.8) is 0 Å². The second-order valence-corrected chi connectivity index (χ2v) is 4.58. The molecule has 0 saturated heterocycles. The Morgan fingerprint density at radius 2 is 1.83 bits per heavy atom. The SMILES string of the molecule is O=C(NCCCSc1ccc(F)cc1)C(F)(F)F. The minimum Gasteiger partial charge on any atom is -0.348 e. The number of hydrogen-bond acceptors (Lipinski definition) is 2. The second kappa shape index (κ2) is 6.63. The number of benzene rings is 1. The van der Waals surface area contributed by atoms with Gasteiger partial charge >= 0.3 is 12.1 Å². The summed E-state index contributed by atoms with van der Waals surface area (Å²) in [4.78, 5) is 11.3. The van der Waals surface area contributed by atoms with E-state index < -0.39 is 12.1 Å². The van der Waals surface area contributed by atoms with E-state index in [-0.39, 0.29) is 12.4 Å². The van der Waals surface area contributed by atoms with Gasteiger partial charge in [0.1, 0.15) is 5.82 Å². The number of hydrogen-bond donors (Lipinski definition) is 1. The van der Waals surface area contributed by atoms with E-state index in [4.69, 9.17) is 0 Å². The van der Waals surface area contributed by atoms with Crippen LogP contribution in [0.3, 0.4) is 0 Å². The molecule has 1 N–H and O–H groups in total. The Kier molecular flexibility index (Phi) is 5.46. The number of halogens is 4. The van der Waals surface area contributed by atoms with E-state index in [1.165, 1.54) is 23.9 Å². The van der Waals surface area contributed by atoms with Crippen molar-refractivity contribution in [3.05, 3.63) is 30.1 Å². The lowest BCUT2D eigenvalue weighted by molar-refractivity contribution is -0.173. The Bertz CT molecular complexity index is 391. The molecule has 0 aromatic heterocycles. The molecule has 1 aromatic rings. The average molecular weight is 281 g/mol. The molecule has 1 rings (SSSR count). The van der Waals surface area contributed by atoms with Crippen molar-refractivity contribution >= 4 is 17.7 Å². The molecule has 1 aromatic carbocycles. The van der Waals surface area contributed by atoms with Gasteiger partial charge < -0.3 is 5.32 Å². The predicted octanol–water partition coefficient (Wildman–Crippen LogP) is 2.99. The molecule has 0 spiro atoms. The topological polar surface area (TPSA) is 29.1 Å². The number of alkyl halides is 3. The van der Waals surface area contributed by atoms with Gasteiger partial charge in [0.2, 0.25) is 0 Å². The number of carbonyl (C=O) groups excluding carboxylic acids is 1. The van der Waals surface area contributed by atoms with Crippen molar-refractivity contribution in [1.82, 2.24) is 5.32 Å². The van der Waals surface area contributed by atoms with Crippen molar-refractivity contribution in [3.8, 4) is 0 Å². The van der Waals surface area contributed by atoms with Crippen LogP contribution in [0.2, 0.25) is 0 Å². The van der Waals surface area contributed by atoms with Crippen molar-refractivity contribution < 1.29 is 22.4 Å². The zero-order valence-electron chi connectivity index (χ0n) is 9.26. The van der Waals surface area contributed by atoms with Gasteiger partial charge in [-0.15, -0.1) is 11.8 Å². The lowest BCUT2D eigenvalue weighted by atomic mass is 10.4. The van der Waals surface area contributed by atoms with Gasteiger partial charge in [-0.1, -0.05) is 0 Å². The maximum absolute atomic E-state index is 12.6. The van der Waals surface area contributed by atoms with Crippen LogP contribution in [0.1, 0.15) is 6.42 Å². The number of thioether (sulfide) groups is 1. The number of amides is 1. The molecule has 2 nitrogen and oxygen atoms in total. The molecule has 18 heavy (non-hydrogen) atoms. The molecule has 0 radical (unpaired) electrons. The maximum Gasteiger partial charge on any atom is 0.471 e. The van der Waals surface area contributed by atoms with Crippen LogP contribution >= 0.6 is 11.8 Å². The number of carbonyl (C=O) groups is 1. The van der Waals surface area contributed by atoms with Gasteiger partial charge in [-0.3, -0.25) is 4.79 Å². The summed E-state index contributed by atoms with van der Waals surface area (Å²) in [5.41, 5.74) is 0. The van der Waals surface area contributed by atoms with Crippen LogP contribution in [0.5, 0.6) is 0 Å². The Hall–Kier alpha value is -1.24. The van der Waals surface area contributed by atoms with Crippen LogP contribution in [0, 0.1) is 5.82 Å². The third-order valence-electron chi connectivity index (χ3n) is 1.95. The van der Waals surface area contributed by atoms with Crippen LogP contribution in [-0.4, -0.2) is 24.4 Å². The molecule has 0 aliphatic carbocycles. The lowest BCUT2D eigenvalue weighted by Gasteiger charge is -2.07. The molecule has 0 bridgehead atoms. The molecule has 100 valence electrons. The summed E-state index contributed by atoms with van der Waals surface area (Å²) in [7, 11) is 0. The van der Waals surface area contributed by atoms with Gasteiger partial charge in [0.25, 0.3) is 0 Å². The molecule has 7 heteroatoms. The van der Waals surface area contributed by atoms with Crippen LogP contribution in [0.15, 0.2) is 29.2 Å². The molecule has 0 saturated carbocycles. The van der Waals surface area contributed by atoms with E-state index in [9.17, 15) is 22.4 Å². The zero-order chi connectivity index (χ0) is 13.6. The summed E-state index contributed by atoms with van der Waals surface area (Å²) in [5, 5.41) is 1.78. The fraction of sp³-hybridized carbons (Fsp3) is 0.364. The molecular weight excluding hydrogens is 270 g/mol. The maximum atomic E-state index is 12.6. The Morgan fingerprint density at radius 3 is 2.39 bits per heavy atom. The zero-order valence-corrected chi connectivity index (χ0v) is 10.1. The summed E-state index contributed by atoms with van der Waals surface area (Å²) in [6.07, 6.45) is -4.42. The average Bonchev–Trinajstić information content (AvgIpc) is 2.29. The van der Waals surface area contributed by atoms with Gasteiger partial charge in [-0.05, 0) is 36.4 Å². The first-order chi connectivity index (χ1) is 8.39. The van der Waals surface area contributed by atoms with Gasteiger partial charge in [0, 0.05) is 11.4 Å². The normalized spacial score (nSPS) is 11.3. The smallest absolute Gasteiger partial charge is 0.348 e. The summed E-state index contributed by atoms with van der Waals surface area (Å²) in [6.45, 7) is -0.0352. The molecule has 0 atom stereocenters. The minimum absolute atomic E-state index is 0.0352. The fourth-order valence-corrected chi connectivity index (χ4v) is 1.95. The summed E-state index contributed by atoms with van der Waals surface area (Å²) < 4.78 is 48.0. The minimum atomic E-state index is -4.83. The predicted molar refractivity (Wildman–Crippen MR) is 60.8 cm³/mol. The highest BCUT2D eigenvalue weighted by atomic mass is 32.2. The van der Waals surface area contributed by atoms with Crippen molar-refractivity contribution in [2.24, 2.45) is 0 Å². The monoisotopic (exact) mass is 281 g/mol. The molecule has 1 amide bonds. The molecule has 0 heterocycles. The molecule has 0 aliphatic rings. The number of nitrogens with one attached hydrogen (secondary N) is 1. The highest BCUT2D eigenvalue weighted by molar-refractivity contribution is 7.99. The second-order valence-electron chi connectivity index (χ2n) is 3.41. The van der Waals surface area contributed by atoms with Crippen LogP contribution in [-0.2, 0) is 4.79 Å². The summed E-state index contributed by atoms with van der Waals surface area (Å²) in [6, 6.07) is 5.81. The molecule has 0 unspecified atom stereocenters. The summed E-state index contributed by atoms with van der Waals surface area (Å²) in [5.74, 6) is -1.71. The van der Waals surface area contributed by atoms with E-state index >= 15 is 0 Å². The first-order valence-electron chi connectivity index (χ1n) is 5.13. The van der Waals surface area contributed by atoms with Crippen molar-refractivity contribution in [2.45, 2.75) is 17.5 Å². The van der Waals surface area contributed by atoms with Gasteiger partial charge in [-0.2, -0.15) is 13.2 Å². The van der Waals surface area contributed by atoms with Gasteiger partial charge in [0.05, 0.1) is 0 Å². The van der Waals surface area contributed by atoms with Gasteiger partial charge in [0.15, 0.2) is 0 Å². The Morgan fingerprint density at radius 1 is 1.22 bits per heavy atom. The highest BCUT2D eigenvalue weighted by Crippen LogP contribution is 2.18. The van der Waals surface area contributed by atoms with E-state index in [0.717, 1.165) is 4.90 Å². The van der Waals surface area contributed by atoms with E-state index in [0.29, 0.717) is 12.2 Å². The molecule has 0 fully saturated rings.